The molecule has 0 amide bonds. The third-order valence-corrected chi connectivity index (χ3v) is 5.59. The lowest BCUT2D eigenvalue weighted by atomic mass is 9.98. The maximum atomic E-state index is 14.5. The van der Waals surface area contributed by atoms with E-state index in [0.29, 0.717) is 18.6 Å². The lowest BCUT2D eigenvalue weighted by molar-refractivity contribution is -0.136. The Labute approximate surface area is 165 Å². The van der Waals surface area contributed by atoms with E-state index in [4.69, 9.17) is 9.84 Å². The van der Waals surface area contributed by atoms with E-state index in [1.807, 2.05) is 6.92 Å². The second-order valence-electron chi connectivity index (χ2n) is 7.63. The number of carbonyl (C=O) groups is 1. The minimum Gasteiger partial charge on any atom is -0.486 e. The van der Waals surface area contributed by atoms with E-state index in [2.05, 4.69) is 32.0 Å². The van der Waals surface area contributed by atoms with E-state index >= 15 is 0 Å². The monoisotopic (exact) mass is 382 g/mol. The van der Waals surface area contributed by atoms with Gasteiger partial charge in [0.25, 0.3) is 0 Å². The highest BCUT2D eigenvalue weighted by Crippen LogP contribution is 2.35. The first-order valence-electron chi connectivity index (χ1n) is 9.77. The Balaban J connectivity index is 1.76. The molecule has 0 unspecified atom stereocenters. The number of benzene rings is 2. The highest BCUT2D eigenvalue weighted by Gasteiger charge is 2.18. The van der Waals surface area contributed by atoms with Gasteiger partial charge in [-0.15, -0.1) is 0 Å². The van der Waals surface area contributed by atoms with Gasteiger partial charge in [-0.05, 0) is 97.6 Å². The van der Waals surface area contributed by atoms with Gasteiger partial charge >= 0.3 is 5.97 Å². The number of ether oxygens (including phenoxy) is 1. The lowest BCUT2D eigenvalue weighted by Gasteiger charge is -2.14. The maximum absolute atomic E-state index is 14.5. The number of carboxylic acids is 1. The van der Waals surface area contributed by atoms with Gasteiger partial charge in [-0.2, -0.15) is 0 Å². The molecule has 2 aromatic carbocycles. The molecule has 0 aliphatic heterocycles. The average Bonchev–Trinajstić information content (AvgIpc) is 3.11. The van der Waals surface area contributed by atoms with Crippen molar-refractivity contribution in [3.8, 4) is 5.75 Å². The zero-order chi connectivity index (χ0) is 20.3. The van der Waals surface area contributed by atoms with E-state index in [9.17, 15) is 9.18 Å². The molecule has 1 aliphatic rings. The normalized spacial score (nSPS) is 13.9. The predicted octanol–water partition coefficient (Wildman–Crippen LogP) is 5.78. The van der Waals surface area contributed by atoms with Crippen molar-refractivity contribution in [2.45, 2.75) is 52.9 Å². The van der Waals surface area contributed by atoms with Gasteiger partial charge in [0.2, 0.25) is 0 Å². The molecule has 0 saturated carbocycles. The number of aryl methyl sites for hydroxylation is 4. The highest BCUT2D eigenvalue weighted by molar-refractivity contribution is 5.71. The number of hydrogen-bond acceptors (Lipinski definition) is 2. The van der Waals surface area contributed by atoms with Crippen molar-refractivity contribution >= 4 is 11.5 Å². The summed E-state index contributed by atoms with van der Waals surface area (Å²) in [7, 11) is 0. The van der Waals surface area contributed by atoms with Gasteiger partial charge in [-0.1, -0.05) is 18.2 Å². The van der Waals surface area contributed by atoms with Crippen LogP contribution < -0.4 is 4.74 Å². The average molecular weight is 382 g/mol. The first kappa shape index (κ1) is 20.1. The van der Waals surface area contributed by atoms with Crippen LogP contribution in [0.3, 0.4) is 0 Å². The van der Waals surface area contributed by atoms with E-state index in [0.717, 1.165) is 24.8 Å². The summed E-state index contributed by atoms with van der Waals surface area (Å²) in [4.78, 5) is 10.7. The van der Waals surface area contributed by atoms with Crippen LogP contribution in [-0.2, 0) is 11.2 Å². The molecule has 4 heteroatoms. The molecule has 148 valence electrons. The van der Waals surface area contributed by atoms with Crippen molar-refractivity contribution in [2.24, 2.45) is 0 Å². The molecule has 0 heterocycles. The number of aliphatic carboxylic acids is 1. The molecule has 3 nitrogen and oxygen atoms in total. The van der Waals surface area contributed by atoms with Crippen LogP contribution in [0, 0.1) is 26.6 Å². The summed E-state index contributed by atoms with van der Waals surface area (Å²) in [6.07, 6.45) is 3.40. The second kappa shape index (κ2) is 8.59. The summed E-state index contributed by atoms with van der Waals surface area (Å²) in [6.45, 7) is 6.47. The van der Waals surface area contributed by atoms with E-state index in [-0.39, 0.29) is 12.2 Å². The molecule has 0 saturated heterocycles. The first-order valence-corrected chi connectivity index (χ1v) is 9.77. The summed E-state index contributed by atoms with van der Waals surface area (Å²) in [5.74, 6) is -1.08. The highest BCUT2D eigenvalue weighted by atomic mass is 19.1. The number of carboxylic acid groups (broad SMARTS) is 1. The summed E-state index contributed by atoms with van der Waals surface area (Å²) >= 11 is 0. The standard InChI is InChI=1S/C24H27FO3/c1-15-7-8-19(11-16(15)2)21-6-4-5-20(21)14-28-23-12-17(3)18(13-22(23)25)9-10-24(26)27/h7-8,11-13H,4-6,9-10,14H2,1-3H3,(H,26,27). The summed E-state index contributed by atoms with van der Waals surface area (Å²) in [5, 5.41) is 8.82. The third-order valence-electron chi connectivity index (χ3n) is 5.59. The van der Waals surface area contributed by atoms with E-state index in [1.54, 1.807) is 6.07 Å². The maximum Gasteiger partial charge on any atom is 0.303 e. The molecule has 0 radical (unpaired) electrons. The largest absolute Gasteiger partial charge is 0.486 e. The van der Waals surface area contributed by atoms with Crippen LogP contribution >= 0.6 is 0 Å². The zero-order valence-electron chi connectivity index (χ0n) is 16.8. The van der Waals surface area contributed by atoms with Crippen molar-refractivity contribution in [3.63, 3.8) is 0 Å². The predicted molar refractivity (Wildman–Crippen MR) is 109 cm³/mol. The quantitative estimate of drug-likeness (QED) is 0.660. The molecule has 0 bridgehead atoms. The molecule has 3 rings (SSSR count). The fourth-order valence-electron chi connectivity index (χ4n) is 3.73. The van der Waals surface area contributed by atoms with Gasteiger partial charge in [0.1, 0.15) is 6.61 Å². The van der Waals surface area contributed by atoms with Crippen LogP contribution in [0.15, 0.2) is 35.9 Å². The van der Waals surface area contributed by atoms with Crippen LogP contribution in [0.5, 0.6) is 5.75 Å². The van der Waals surface area contributed by atoms with Gasteiger partial charge in [0.05, 0.1) is 0 Å². The number of allylic oxidation sites excluding steroid dienone is 1. The Bertz CT molecular complexity index is 928. The summed E-state index contributed by atoms with van der Waals surface area (Å²) in [5.41, 5.74) is 7.90. The fraction of sp³-hybridized carbons (Fsp3) is 0.375. The minimum atomic E-state index is -0.882. The molecular weight excluding hydrogens is 355 g/mol. The van der Waals surface area contributed by atoms with Crippen molar-refractivity contribution in [1.82, 2.24) is 0 Å². The van der Waals surface area contributed by atoms with Crippen LogP contribution in [0.25, 0.3) is 5.57 Å². The topological polar surface area (TPSA) is 46.5 Å². The smallest absolute Gasteiger partial charge is 0.303 e. The molecule has 28 heavy (non-hydrogen) atoms. The fourth-order valence-corrected chi connectivity index (χ4v) is 3.73. The van der Waals surface area contributed by atoms with Crippen molar-refractivity contribution in [2.75, 3.05) is 6.61 Å². The Hall–Kier alpha value is -2.62. The Morgan fingerprint density at radius 2 is 1.86 bits per heavy atom. The first-order chi connectivity index (χ1) is 13.3. The molecule has 2 aromatic rings. The van der Waals surface area contributed by atoms with Gasteiger partial charge in [0, 0.05) is 6.42 Å². The molecule has 0 atom stereocenters. The van der Waals surface area contributed by atoms with Crippen LogP contribution in [0.4, 0.5) is 4.39 Å². The van der Waals surface area contributed by atoms with Crippen molar-refractivity contribution < 1.29 is 19.0 Å². The van der Waals surface area contributed by atoms with Crippen LogP contribution in [0.1, 0.15) is 53.5 Å². The number of halogens is 1. The third kappa shape index (κ3) is 4.61. The van der Waals surface area contributed by atoms with Crippen molar-refractivity contribution in [3.05, 3.63) is 69.5 Å². The molecule has 0 fully saturated rings. The minimum absolute atomic E-state index is 0.00725. The van der Waals surface area contributed by atoms with Gasteiger partial charge in [0.15, 0.2) is 11.6 Å². The second-order valence-corrected chi connectivity index (χ2v) is 7.63. The van der Waals surface area contributed by atoms with Crippen molar-refractivity contribution in [1.29, 1.82) is 0 Å². The number of rotatable bonds is 7. The van der Waals surface area contributed by atoms with E-state index < -0.39 is 11.8 Å². The molecule has 1 N–H and O–H groups in total. The van der Waals surface area contributed by atoms with Crippen LogP contribution in [-0.4, -0.2) is 17.7 Å². The molecule has 0 spiro atoms. The Morgan fingerprint density at radius 1 is 1.07 bits per heavy atom. The molecular formula is C24H27FO3. The lowest BCUT2D eigenvalue weighted by Crippen LogP contribution is -2.05. The Morgan fingerprint density at radius 3 is 2.57 bits per heavy atom. The van der Waals surface area contributed by atoms with E-state index in [1.165, 1.54) is 33.9 Å². The molecule has 0 aromatic heterocycles. The molecule has 1 aliphatic carbocycles. The zero-order valence-corrected chi connectivity index (χ0v) is 16.8. The van der Waals surface area contributed by atoms with Crippen LogP contribution in [0.2, 0.25) is 0 Å². The van der Waals surface area contributed by atoms with Gasteiger partial charge in [-0.3, -0.25) is 4.79 Å². The van der Waals surface area contributed by atoms with Gasteiger partial charge < -0.3 is 9.84 Å². The van der Waals surface area contributed by atoms with Gasteiger partial charge in [-0.25, -0.2) is 4.39 Å². The number of hydrogen-bond donors (Lipinski definition) is 1. The summed E-state index contributed by atoms with van der Waals surface area (Å²) < 4.78 is 20.3. The SMILES string of the molecule is Cc1ccc(C2=C(COc3cc(C)c(CCC(=O)O)cc3F)CCC2)cc1C. The summed E-state index contributed by atoms with van der Waals surface area (Å²) in [6, 6.07) is 9.61. The Kier molecular flexibility index (Phi) is 6.18.